The molecule has 1 aliphatic heterocycles. The summed E-state index contributed by atoms with van der Waals surface area (Å²) in [6.45, 7) is 5.18. The van der Waals surface area contributed by atoms with E-state index in [1.54, 1.807) is 19.3 Å². The molecule has 6 nitrogen and oxygen atoms in total. The van der Waals surface area contributed by atoms with Gasteiger partial charge in [0.15, 0.2) is 11.5 Å². The molecule has 3 N–H and O–H groups in total. The second kappa shape index (κ2) is 9.23. The maximum Gasteiger partial charge on any atom is 0.161 e. The SMILES string of the molecule is COc1cc(/C=C(/C#N)C(N)=S)ccc1OCC[NH+]1CCOCC1. The fourth-order valence-electron chi connectivity index (χ4n) is 2.43. The van der Waals surface area contributed by atoms with Gasteiger partial charge in [-0.2, -0.15) is 5.26 Å². The highest BCUT2D eigenvalue weighted by molar-refractivity contribution is 7.80. The van der Waals surface area contributed by atoms with Gasteiger partial charge in [-0.05, 0) is 23.8 Å². The fraction of sp³-hybridized carbons (Fsp3) is 0.412. The van der Waals surface area contributed by atoms with Crippen molar-refractivity contribution in [1.82, 2.24) is 0 Å². The maximum atomic E-state index is 9.03. The van der Waals surface area contributed by atoms with E-state index < -0.39 is 0 Å². The third-order valence-electron chi connectivity index (χ3n) is 3.80. The summed E-state index contributed by atoms with van der Waals surface area (Å²) >= 11 is 4.84. The topological polar surface area (TPSA) is 81.9 Å². The van der Waals surface area contributed by atoms with Gasteiger partial charge in [0.2, 0.25) is 0 Å². The smallest absolute Gasteiger partial charge is 0.161 e. The molecule has 24 heavy (non-hydrogen) atoms. The first kappa shape index (κ1) is 18.2. The van der Waals surface area contributed by atoms with Crippen LogP contribution in [0.1, 0.15) is 5.56 Å². The lowest BCUT2D eigenvalue weighted by atomic mass is 10.1. The van der Waals surface area contributed by atoms with E-state index in [1.165, 1.54) is 4.90 Å². The van der Waals surface area contributed by atoms with Gasteiger partial charge < -0.3 is 24.8 Å². The van der Waals surface area contributed by atoms with E-state index >= 15 is 0 Å². The van der Waals surface area contributed by atoms with Crippen LogP contribution in [-0.2, 0) is 4.74 Å². The van der Waals surface area contributed by atoms with Crippen molar-refractivity contribution in [3.63, 3.8) is 0 Å². The molecule has 0 unspecified atom stereocenters. The molecule has 0 aromatic heterocycles. The second-order valence-electron chi connectivity index (χ2n) is 5.41. The van der Waals surface area contributed by atoms with Gasteiger partial charge in [-0.1, -0.05) is 18.3 Å². The first-order valence-electron chi connectivity index (χ1n) is 7.77. The molecule has 0 radical (unpaired) electrons. The van der Waals surface area contributed by atoms with Crippen molar-refractivity contribution in [3.05, 3.63) is 29.3 Å². The number of methoxy groups -OCH3 is 1. The van der Waals surface area contributed by atoms with Crippen molar-refractivity contribution in [2.45, 2.75) is 0 Å². The lowest BCUT2D eigenvalue weighted by Crippen LogP contribution is -3.14. The number of benzene rings is 1. The van der Waals surface area contributed by atoms with E-state index in [9.17, 15) is 0 Å². The third kappa shape index (κ3) is 5.20. The molecule has 1 aromatic rings. The number of nitriles is 1. The number of rotatable bonds is 7. The molecule has 2 rings (SSSR count). The normalized spacial score (nSPS) is 15.6. The van der Waals surface area contributed by atoms with Crippen LogP contribution in [0.2, 0.25) is 0 Å². The molecule has 1 aromatic carbocycles. The number of nitrogens with zero attached hydrogens (tertiary/aromatic N) is 1. The first-order valence-corrected chi connectivity index (χ1v) is 8.18. The first-order chi connectivity index (χ1) is 11.6. The lowest BCUT2D eigenvalue weighted by Gasteiger charge is -2.23. The number of hydrogen-bond donors (Lipinski definition) is 2. The summed E-state index contributed by atoms with van der Waals surface area (Å²) in [5.74, 6) is 1.29. The zero-order chi connectivity index (χ0) is 17.4. The largest absolute Gasteiger partial charge is 0.493 e. The van der Waals surface area contributed by atoms with Gasteiger partial charge in [0.25, 0.3) is 0 Å². The highest BCUT2D eigenvalue weighted by Crippen LogP contribution is 2.28. The summed E-state index contributed by atoms with van der Waals surface area (Å²) in [6, 6.07) is 7.45. The highest BCUT2D eigenvalue weighted by Gasteiger charge is 2.14. The minimum absolute atomic E-state index is 0.0743. The minimum Gasteiger partial charge on any atom is -0.493 e. The van der Waals surface area contributed by atoms with Crippen molar-refractivity contribution >= 4 is 23.3 Å². The minimum atomic E-state index is 0.0743. The Hall–Kier alpha value is -2.14. The van der Waals surface area contributed by atoms with E-state index in [0.717, 1.165) is 38.4 Å². The molecule has 0 spiro atoms. The maximum absolute atomic E-state index is 9.03. The van der Waals surface area contributed by atoms with Gasteiger partial charge in [-0.15, -0.1) is 0 Å². The van der Waals surface area contributed by atoms with Crippen LogP contribution in [-0.4, -0.2) is 51.6 Å². The average molecular weight is 348 g/mol. The van der Waals surface area contributed by atoms with Gasteiger partial charge >= 0.3 is 0 Å². The van der Waals surface area contributed by atoms with Crippen molar-refractivity contribution in [2.24, 2.45) is 5.73 Å². The van der Waals surface area contributed by atoms with Crippen molar-refractivity contribution < 1.29 is 19.1 Å². The molecule has 1 heterocycles. The predicted molar refractivity (Wildman–Crippen MR) is 95.2 cm³/mol. The molecular formula is C17H22N3O3S+. The number of nitrogens with two attached hydrogens (primary N) is 1. The van der Waals surface area contributed by atoms with Crippen LogP contribution in [0.5, 0.6) is 11.5 Å². The molecular weight excluding hydrogens is 326 g/mol. The quantitative estimate of drug-likeness (QED) is 0.416. The summed E-state index contributed by atoms with van der Waals surface area (Å²) in [7, 11) is 1.59. The molecule has 7 heteroatoms. The van der Waals surface area contributed by atoms with E-state index in [0.29, 0.717) is 18.1 Å². The van der Waals surface area contributed by atoms with Crippen LogP contribution in [0.4, 0.5) is 0 Å². The summed E-state index contributed by atoms with van der Waals surface area (Å²) < 4.78 is 16.6. The van der Waals surface area contributed by atoms with Crippen LogP contribution < -0.4 is 20.1 Å². The number of hydrogen-bond acceptors (Lipinski definition) is 5. The van der Waals surface area contributed by atoms with Gasteiger partial charge in [0, 0.05) is 0 Å². The lowest BCUT2D eigenvalue weighted by molar-refractivity contribution is -0.908. The van der Waals surface area contributed by atoms with Crippen LogP contribution in [0.3, 0.4) is 0 Å². The third-order valence-corrected chi connectivity index (χ3v) is 4.02. The Morgan fingerprint density at radius 1 is 1.42 bits per heavy atom. The molecule has 0 atom stereocenters. The summed E-state index contributed by atoms with van der Waals surface area (Å²) in [6.07, 6.45) is 1.63. The van der Waals surface area contributed by atoms with Crippen LogP contribution in [0.15, 0.2) is 23.8 Å². The second-order valence-corrected chi connectivity index (χ2v) is 5.85. The zero-order valence-electron chi connectivity index (χ0n) is 13.7. The van der Waals surface area contributed by atoms with Crippen LogP contribution in [0, 0.1) is 11.3 Å². The van der Waals surface area contributed by atoms with E-state index in [1.807, 2.05) is 18.2 Å². The van der Waals surface area contributed by atoms with Gasteiger partial charge in [0.1, 0.15) is 37.3 Å². The average Bonchev–Trinajstić information content (AvgIpc) is 2.61. The Morgan fingerprint density at radius 3 is 2.79 bits per heavy atom. The Balaban J connectivity index is 2.00. The standard InChI is InChI=1S/C17H21N3O3S/c1-21-16-11-13(10-14(12-18)17(19)24)2-3-15(16)23-9-6-20-4-7-22-8-5-20/h2-3,10-11H,4-9H2,1H3,(H2,19,24)/p+1/b14-10-. The number of nitrogens with one attached hydrogen (secondary N) is 1. The molecule has 1 aliphatic rings. The summed E-state index contributed by atoms with van der Waals surface area (Å²) in [5, 5.41) is 9.03. The molecule has 0 aliphatic carbocycles. The molecule has 1 saturated heterocycles. The summed E-state index contributed by atoms with van der Waals surface area (Å²) in [4.78, 5) is 1.56. The number of quaternary nitrogens is 1. The van der Waals surface area contributed by atoms with E-state index in [2.05, 4.69) is 0 Å². The van der Waals surface area contributed by atoms with Crippen molar-refractivity contribution in [2.75, 3.05) is 46.6 Å². The van der Waals surface area contributed by atoms with E-state index in [-0.39, 0.29) is 10.6 Å². The number of ether oxygens (including phenoxy) is 3. The fourth-order valence-corrected chi connectivity index (χ4v) is 2.54. The van der Waals surface area contributed by atoms with Crippen LogP contribution in [0.25, 0.3) is 6.08 Å². The zero-order valence-corrected chi connectivity index (χ0v) is 14.5. The van der Waals surface area contributed by atoms with Crippen molar-refractivity contribution in [3.8, 4) is 17.6 Å². The Bertz CT molecular complexity index is 649. The highest BCUT2D eigenvalue weighted by atomic mass is 32.1. The molecule has 128 valence electrons. The van der Waals surface area contributed by atoms with Crippen LogP contribution >= 0.6 is 12.2 Å². The predicted octanol–water partition coefficient (Wildman–Crippen LogP) is 0.182. The summed E-state index contributed by atoms with van der Waals surface area (Å²) in [5.41, 5.74) is 6.55. The molecule has 0 saturated carbocycles. The Labute approximate surface area is 147 Å². The number of thiocarbonyl (C=S) groups is 1. The molecule has 1 fully saturated rings. The Kier molecular flexibility index (Phi) is 7.00. The van der Waals surface area contributed by atoms with Gasteiger partial charge in [-0.25, -0.2) is 0 Å². The van der Waals surface area contributed by atoms with Crippen molar-refractivity contribution in [1.29, 1.82) is 5.26 Å². The molecule has 0 amide bonds. The monoisotopic (exact) mass is 348 g/mol. The van der Waals surface area contributed by atoms with E-state index in [4.69, 9.17) is 37.4 Å². The molecule has 0 bridgehead atoms. The van der Waals surface area contributed by atoms with Gasteiger partial charge in [-0.3, -0.25) is 0 Å². The Morgan fingerprint density at radius 2 is 2.17 bits per heavy atom. The van der Waals surface area contributed by atoms with Gasteiger partial charge in [0.05, 0.1) is 25.9 Å². The number of morpholine rings is 1.